The van der Waals surface area contributed by atoms with Crippen molar-refractivity contribution < 1.29 is 0 Å². The molecule has 0 saturated carbocycles. The second-order valence-electron chi connectivity index (χ2n) is 5.45. The normalized spacial score (nSPS) is 11.3. The van der Waals surface area contributed by atoms with Crippen molar-refractivity contribution in [2.45, 2.75) is 27.7 Å². The molecule has 0 bridgehead atoms. The van der Waals surface area contributed by atoms with Gasteiger partial charge < -0.3 is 4.57 Å². The lowest BCUT2D eigenvalue weighted by Gasteiger charge is -2.13. The summed E-state index contributed by atoms with van der Waals surface area (Å²) in [6.07, 6.45) is 2.05. The Morgan fingerprint density at radius 2 is 1.62 bits per heavy atom. The molecule has 0 atom stereocenters. The van der Waals surface area contributed by atoms with Gasteiger partial charge in [0.2, 0.25) is 0 Å². The van der Waals surface area contributed by atoms with Gasteiger partial charge in [-0.2, -0.15) is 0 Å². The molecule has 0 saturated heterocycles. The van der Waals surface area contributed by atoms with E-state index in [1.54, 1.807) is 0 Å². The third-order valence-electron chi connectivity index (χ3n) is 3.66. The zero-order chi connectivity index (χ0) is 15.3. The zero-order valence-corrected chi connectivity index (χ0v) is 13.3. The molecule has 21 heavy (non-hydrogen) atoms. The van der Waals surface area contributed by atoms with Crippen molar-refractivity contribution in [3.8, 4) is 5.69 Å². The SMILES string of the molecule is [B]c1cc(C)c(-n2cc(C)c3c(Cl)nc(C)nc32)c(C)c1. The van der Waals surface area contributed by atoms with Crippen molar-refractivity contribution in [3.63, 3.8) is 0 Å². The van der Waals surface area contributed by atoms with E-state index >= 15 is 0 Å². The largest absolute Gasteiger partial charge is 0.300 e. The summed E-state index contributed by atoms with van der Waals surface area (Å²) in [5.74, 6) is 0.664. The fraction of sp³-hybridized carbons (Fsp3) is 0.250. The smallest absolute Gasteiger partial charge is 0.150 e. The summed E-state index contributed by atoms with van der Waals surface area (Å²) in [5, 5.41) is 1.40. The number of hydrogen-bond donors (Lipinski definition) is 0. The van der Waals surface area contributed by atoms with Crippen LogP contribution in [0.25, 0.3) is 16.7 Å². The summed E-state index contributed by atoms with van der Waals surface area (Å²) in [6.45, 7) is 7.97. The Labute approximate surface area is 130 Å². The van der Waals surface area contributed by atoms with Crippen LogP contribution in [-0.2, 0) is 0 Å². The van der Waals surface area contributed by atoms with E-state index in [0.717, 1.165) is 38.9 Å². The van der Waals surface area contributed by atoms with Gasteiger partial charge in [0.25, 0.3) is 0 Å². The number of hydrogen-bond acceptors (Lipinski definition) is 2. The third-order valence-corrected chi connectivity index (χ3v) is 3.93. The van der Waals surface area contributed by atoms with E-state index < -0.39 is 0 Å². The molecule has 104 valence electrons. The molecule has 0 aliphatic heterocycles. The average molecular weight is 296 g/mol. The lowest BCUT2D eigenvalue weighted by Crippen LogP contribution is -2.09. The Bertz CT molecular complexity index is 845. The monoisotopic (exact) mass is 295 g/mol. The van der Waals surface area contributed by atoms with Crippen molar-refractivity contribution in [2.75, 3.05) is 0 Å². The van der Waals surface area contributed by atoms with Crippen molar-refractivity contribution in [1.82, 2.24) is 14.5 Å². The molecule has 1 aromatic carbocycles. The minimum Gasteiger partial charge on any atom is -0.300 e. The highest BCUT2D eigenvalue weighted by molar-refractivity contribution is 6.34. The van der Waals surface area contributed by atoms with Crippen molar-refractivity contribution >= 4 is 35.9 Å². The van der Waals surface area contributed by atoms with Gasteiger partial charge in [-0.3, -0.25) is 0 Å². The van der Waals surface area contributed by atoms with Crippen LogP contribution >= 0.6 is 11.6 Å². The maximum Gasteiger partial charge on any atom is 0.150 e. The molecule has 0 spiro atoms. The number of halogens is 1. The Morgan fingerprint density at radius 1 is 1.00 bits per heavy atom. The van der Waals surface area contributed by atoms with E-state index in [9.17, 15) is 0 Å². The predicted molar refractivity (Wildman–Crippen MR) is 88.2 cm³/mol. The topological polar surface area (TPSA) is 30.7 Å². The molecule has 2 heterocycles. The summed E-state index contributed by atoms with van der Waals surface area (Å²) in [4.78, 5) is 8.82. The first-order valence-corrected chi connectivity index (χ1v) is 7.15. The van der Waals surface area contributed by atoms with Gasteiger partial charge in [-0.15, -0.1) is 0 Å². The molecule has 0 amide bonds. The summed E-state index contributed by atoms with van der Waals surface area (Å²) >= 11 is 6.29. The lowest BCUT2D eigenvalue weighted by atomic mass is 9.91. The summed E-state index contributed by atoms with van der Waals surface area (Å²) < 4.78 is 2.08. The minimum absolute atomic E-state index is 0.500. The van der Waals surface area contributed by atoms with E-state index in [-0.39, 0.29) is 0 Å². The quantitative estimate of drug-likeness (QED) is 0.510. The predicted octanol–water partition coefficient (Wildman–Crippen LogP) is 3.10. The minimum atomic E-state index is 0.500. The molecule has 2 aromatic heterocycles. The Morgan fingerprint density at radius 3 is 2.24 bits per heavy atom. The number of benzene rings is 1. The Hall–Kier alpha value is -1.81. The van der Waals surface area contributed by atoms with Gasteiger partial charge in [0.15, 0.2) is 0 Å². The molecular weight excluding hydrogens is 280 g/mol. The summed E-state index contributed by atoms with van der Waals surface area (Å²) in [6, 6.07) is 3.94. The van der Waals surface area contributed by atoms with Crippen LogP contribution in [0.5, 0.6) is 0 Å². The number of aryl methyl sites for hydroxylation is 4. The average Bonchev–Trinajstić information content (AvgIpc) is 2.65. The highest BCUT2D eigenvalue weighted by Gasteiger charge is 2.16. The highest BCUT2D eigenvalue weighted by atomic mass is 35.5. The molecule has 3 nitrogen and oxygen atoms in total. The molecule has 0 N–H and O–H groups in total. The molecule has 0 aliphatic rings. The van der Waals surface area contributed by atoms with Crippen LogP contribution < -0.4 is 5.46 Å². The van der Waals surface area contributed by atoms with Crippen molar-refractivity contribution in [3.05, 3.63) is 46.0 Å². The van der Waals surface area contributed by atoms with E-state index in [0.29, 0.717) is 11.0 Å². The van der Waals surface area contributed by atoms with Gasteiger partial charge in [0.1, 0.15) is 24.5 Å². The van der Waals surface area contributed by atoms with Gasteiger partial charge in [0, 0.05) is 6.20 Å². The van der Waals surface area contributed by atoms with E-state index in [4.69, 9.17) is 19.4 Å². The van der Waals surface area contributed by atoms with Crippen LogP contribution in [0.4, 0.5) is 0 Å². The van der Waals surface area contributed by atoms with Gasteiger partial charge in [-0.05, 0) is 44.4 Å². The molecule has 3 aromatic rings. The molecule has 0 fully saturated rings. The van der Waals surface area contributed by atoms with E-state index in [1.165, 1.54) is 0 Å². The highest BCUT2D eigenvalue weighted by Crippen LogP contribution is 2.30. The number of nitrogens with zero attached hydrogens (tertiary/aromatic N) is 3. The Balaban J connectivity index is 2.42. The first-order valence-electron chi connectivity index (χ1n) is 6.77. The van der Waals surface area contributed by atoms with Crippen LogP contribution in [0.2, 0.25) is 5.15 Å². The maximum absolute atomic E-state index is 6.29. The van der Waals surface area contributed by atoms with Crippen LogP contribution in [0.1, 0.15) is 22.5 Å². The summed E-state index contributed by atoms with van der Waals surface area (Å²) in [5.41, 5.74) is 5.97. The first-order chi connectivity index (χ1) is 9.88. The number of fused-ring (bicyclic) bond motifs is 1. The fourth-order valence-corrected chi connectivity index (χ4v) is 3.25. The zero-order valence-electron chi connectivity index (χ0n) is 12.5. The van der Waals surface area contributed by atoms with Gasteiger partial charge in [-0.1, -0.05) is 29.2 Å². The van der Waals surface area contributed by atoms with Crippen LogP contribution in [-0.4, -0.2) is 22.4 Å². The molecule has 3 rings (SSSR count). The molecule has 5 heteroatoms. The second-order valence-corrected chi connectivity index (χ2v) is 5.80. The van der Waals surface area contributed by atoms with Gasteiger partial charge in [0.05, 0.1) is 11.1 Å². The molecule has 2 radical (unpaired) electrons. The van der Waals surface area contributed by atoms with Crippen LogP contribution in [0.3, 0.4) is 0 Å². The number of rotatable bonds is 1. The lowest BCUT2D eigenvalue weighted by molar-refractivity contribution is 1.01. The third kappa shape index (κ3) is 2.24. The van der Waals surface area contributed by atoms with Gasteiger partial charge in [-0.25, -0.2) is 9.97 Å². The van der Waals surface area contributed by atoms with Crippen LogP contribution in [0, 0.1) is 27.7 Å². The number of aromatic nitrogens is 3. The maximum atomic E-state index is 6.29. The fourth-order valence-electron chi connectivity index (χ4n) is 2.90. The van der Waals surface area contributed by atoms with E-state index in [1.807, 2.05) is 26.0 Å². The Kier molecular flexibility index (Phi) is 3.29. The summed E-state index contributed by atoms with van der Waals surface area (Å²) in [7, 11) is 5.92. The molecule has 0 aliphatic carbocycles. The molecule has 0 unspecified atom stereocenters. The van der Waals surface area contributed by atoms with E-state index in [2.05, 4.69) is 34.6 Å². The second kappa shape index (κ2) is 4.88. The molecular formula is C16H15BClN3. The van der Waals surface area contributed by atoms with Crippen LogP contribution in [0.15, 0.2) is 18.3 Å². The van der Waals surface area contributed by atoms with Crippen molar-refractivity contribution in [2.24, 2.45) is 0 Å². The van der Waals surface area contributed by atoms with Gasteiger partial charge >= 0.3 is 0 Å². The van der Waals surface area contributed by atoms with Crippen molar-refractivity contribution in [1.29, 1.82) is 0 Å². The standard InChI is InChI=1S/C16H15BClN3/c1-8-5-12(17)6-9(2)14(8)21-7-10(3)13-15(18)19-11(4)20-16(13)21/h5-7H,1-4H3. The first kappa shape index (κ1) is 14.1.